The molecule has 1 aliphatic heterocycles. The first kappa shape index (κ1) is 19.1. The van der Waals surface area contributed by atoms with Crippen LogP contribution in [0.3, 0.4) is 0 Å². The van der Waals surface area contributed by atoms with Crippen molar-refractivity contribution in [1.29, 1.82) is 0 Å². The number of rotatable bonds is 5. The molecular weight excluding hydrogens is 310 g/mol. The zero-order valence-corrected chi connectivity index (χ0v) is 12.6. The molecule has 1 aliphatic rings. The van der Waals surface area contributed by atoms with Gasteiger partial charge in [-0.15, -0.1) is 0 Å². The fourth-order valence-electron chi connectivity index (χ4n) is 1.55. The molecule has 118 valence electrons. The second kappa shape index (κ2) is 8.37. The third-order valence-corrected chi connectivity index (χ3v) is 3.08. The Balaban J connectivity index is 0.000000621. The van der Waals surface area contributed by atoms with Crippen molar-refractivity contribution in [2.24, 2.45) is 0 Å². The SMILES string of the molecule is CN1C=CC=C(CCCCS(=O)(=O)O)C1.O=S(=O)(O)O. The lowest BCUT2D eigenvalue weighted by Crippen LogP contribution is -2.16. The molecule has 0 spiro atoms. The van der Waals surface area contributed by atoms with Crippen molar-refractivity contribution in [3.63, 3.8) is 0 Å². The highest BCUT2D eigenvalue weighted by atomic mass is 32.3. The zero-order chi connectivity index (χ0) is 15.8. The van der Waals surface area contributed by atoms with E-state index < -0.39 is 20.5 Å². The van der Waals surface area contributed by atoms with Crippen LogP contribution in [0.25, 0.3) is 0 Å². The number of likely N-dealkylation sites (N-methyl/N-ethyl adjacent to an activating group) is 1. The predicted molar refractivity (Wildman–Crippen MR) is 74.3 cm³/mol. The fourth-order valence-corrected chi connectivity index (χ4v) is 2.12. The van der Waals surface area contributed by atoms with E-state index >= 15 is 0 Å². The van der Waals surface area contributed by atoms with E-state index in [0.717, 1.165) is 19.4 Å². The molecule has 0 aromatic carbocycles. The smallest absolute Gasteiger partial charge is 0.376 e. The molecule has 0 saturated carbocycles. The molecular formula is C10H19NO7S2. The van der Waals surface area contributed by atoms with Gasteiger partial charge in [0.2, 0.25) is 0 Å². The summed E-state index contributed by atoms with van der Waals surface area (Å²) >= 11 is 0. The van der Waals surface area contributed by atoms with Crippen molar-refractivity contribution in [1.82, 2.24) is 4.90 Å². The minimum absolute atomic E-state index is 0.133. The van der Waals surface area contributed by atoms with Crippen LogP contribution in [-0.4, -0.2) is 54.7 Å². The van der Waals surface area contributed by atoms with Crippen LogP contribution in [0.15, 0.2) is 23.9 Å². The van der Waals surface area contributed by atoms with Gasteiger partial charge in [-0.1, -0.05) is 11.6 Å². The number of hydrogen-bond acceptors (Lipinski definition) is 5. The average Bonchev–Trinajstić information content (AvgIpc) is 2.21. The van der Waals surface area contributed by atoms with Crippen LogP contribution < -0.4 is 0 Å². The second-order valence-electron chi connectivity index (χ2n) is 4.27. The largest absolute Gasteiger partial charge is 0.394 e. The Bertz CT molecular complexity index is 540. The average molecular weight is 329 g/mol. The summed E-state index contributed by atoms with van der Waals surface area (Å²) in [4.78, 5) is 2.08. The highest BCUT2D eigenvalue weighted by Crippen LogP contribution is 2.13. The summed E-state index contributed by atoms with van der Waals surface area (Å²) in [6, 6.07) is 0. The Labute approximate surface area is 119 Å². The van der Waals surface area contributed by atoms with E-state index in [4.69, 9.17) is 22.1 Å². The molecule has 0 aromatic rings. The Morgan fingerprint density at radius 3 is 2.15 bits per heavy atom. The van der Waals surface area contributed by atoms with E-state index in [9.17, 15) is 8.42 Å². The highest BCUT2D eigenvalue weighted by molar-refractivity contribution is 7.85. The Morgan fingerprint density at radius 1 is 1.15 bits per heavy atom. The number of nitrogens with zero attached hydrogens (tertiary/aromatic N) is 1. The van der Waals surface area contributed by atoms with Gasteiger partial charge in [0.25, 0.3) is 10.1 Å². The van der Waals surface area contributed by atoms with Crippen LogP contribution in [0.5, 0.6) is 0 Å². The Kier molecular flexibility index (Phi) is 7.98. The van der Waals surface area contributed by atoms with E-state index in [-0.39, 0.29) is 5.75 Å². The molecule has 0 radical (unpaired) electrons. The summed E-state index contributed by atoms with van der Waals surface area (Å²) < 4.78 is 61.0. The topological polar surface area (TPSA) is 132 Å². The molecule has 20 heavy (non-hydrogen) atoms. The van der Waals surface area contributed by atoms with E-state index in [1.807, 2.05) is 19.3 Å². The van der Waals surface area contributed by atoms with Gasteiger partial charge >= 0.3 is 10.4 Å². The molecule has 0 amide bonds. The van der Waals surface area contributed by atoms with Gasteiger partial charge in [0, 0.05) is 13.6 Å². The van der Waals surface area contributed by atoms with Crippen molar-refractivity contribution in [2.45, 2.75) is 19.3 Å². The fraction of sp³-hybridized carbons (Fsp3) is 0.600. The van der Waals surface area contributed by atoms with Gasteiger partial charge in [0.15, 0.2) is 0 Å². The Morgan fingerprint density at radius 2 is 1.70 bits per heavy atom. The lowest BCUT2D eigenvalue weighted by molar-refractivity contribution is 0.381. The minimum Gasteiger partial charge on any atom is -0.376 e. The molecule has 10 heteroatoms. The lowest BCUT2D eigenvalue weighted by atomic mass is 10.1. The standard InChI is InChI=1S/C10H17NO3S.H2O4S/c1-11-7-4-6-10(9-11)5-2-3-8-15(12,13)14;1-5(2,3)4/h4,6-7H,2-3,5,8-9H2,1H3,(H,12,13,14);(H2,1,2,3,4). The van der Waals surface area contributed by atoms with Crippen molar-refractivity contribution in [2.75, 3.05) is 19.3 Å². The number of unbranched alkanes of at least 4 members (excludes halogenated alkanes) is 1. The molecule has 0 aromatic heterocycles. The van der Waals surface area contributed by atoms with Gasteiger partial charge in [0.05, 0.1) is 5.75 Å². The third-order valence-electron chi connectivity index (χ3n) is 2.28. The quantitative estimate of drug-likeness (QED) is 0.498. The van der Waals surface area contributed by atoms with E-state index in [1.54, 1.807) is 0 Å². The van der Waals surface area contributed by atoms with Crippen LogP contribution in [0.2, 0.25) is 0 Å². The summed E-state index contributed by atoms with van der Waals surface area (Å²) in [6.45, 7) is 0.905. The second-order valence-corrected chi connectivity index (χ2v) is 6.74. The van der Waals surface area contributed by atoms with Crippen LogP contribution in [-0.2, 0) is 20.5 Å². The Hall–Kier alpha value is -0.940. The van der Waals surface area contributed by atoms with Crippen molar-refractivity contribution in [3.05, 3.63) is 23.9 Å². The van der Waals surface area contributed by atoms with E-state index in [2.05, 4.69) is 11.0 Å². The summed E-state index contributed by atoms with van der Waals surface area (Å²) in [6.07, 6.45) is 8.26. The van der Waals surface area contributed by atoms with Crippen LogP contribution in [0.4, 0.5) is 0 Å². The first-order valence-corrected chi connectivity index (χ1v) is 8.69. The lowest BCUT2D eigenvalue weighted by Gasteiger charge is -2.19. The van der Waals surface area contributed by atoms with Gasteiger partial charge in [-0.25, -0.2) is 0 Å². The maximum atomic E-state index is 10.5. The summed E-state index contributed by atoms with van der Waals surface area (Å²) in [7, 11) is -6.45. The molecule has 0 fully saturated rings. The first-order chi connectivity index (χ1) is 8.97. The molecule has 8 nitrogen and oxygen atoms in total. The van der Waals surface area contributed by atoms with Gasteiger partial charge in [-0.05, 0) is 31.5 Å². The minimum atomic E-state index is -4.67. The molecule has 0 atom stereocenters. The third kappa shape index (κ3) is 15.1. The van der Waals surface area contributed by atoms with Crippen molar-refractivity contribution >= 4 is 20.5 Å². The van der Waals surface area contributed by atoms with E-state index in [0.29, 0.717) is 6.42 Å². The van der Waals surface area contributed by atoms with Gasteiger partial charge < -0.3 is 4.90 Å². The first-order valence-electron chi connectivity index (χ1n) is 5.69. The van der Waals surface area contributed by atoms with Gasteiger partial charge in [-0.2, -0.15) is 16.8 Å². The van der Waals surface area contributed by atoms with E-state index in [1.165, 1.54) is 5.57 Å². The summed E-state index contributed by atoms with van der Waals surface area (Å²) in [5.74, 6) is -0.133. The molecule has 0 aliphatic carbocycles. The molecule has 1 heterocycles. The van der Waals surface area contributed by atoms with Crippen molar-refractivity contribution < 1.29 is 30.5 Å². The zero-order valence-electron chi connectivity index (χ0n) is 11.0. The summed E-state index contributed by atoms with van der Waals surface area (Å²) in [5, 5.41) is 0. The van der Waals surface area contributed by atoms with Crippen LogP contribution in [0.1, 0.15) is 19.3 Å². The molecule has 3 N–H and O–H groups in total. The molecule has 0 bridgehead atoms. The van der Waals surface area contributed by atoms with Gasteiger partial charge in [-0.3, -0.25) is 13.7 Å². The van der Waals surface area contributed by atoms with Gasteiger partial charge in [0.1, 0.15) is 0 Å². The van der Waals surface area contributed by atoms with Crippen LogP contribution in [0, 0.1) is 0 Å². The normalized spacial score (nSPS) is 15.4. The van der Waals surface area contributed by atoms with Crippen molar-refractivity contribution in [3.8, 4) is 0 Å². The highest BCUT2D eigenvalue weighted by Gasteiger charge is 2.06. The number of hydrogen-bond donors (Lipinski definition) is 3. The maximum Gasteiger partial charge on any atom is 0.394 e. The molecule has 0 saturated heterocycles. The molecule has 1 rings (SSSR count). The van der Waals surface area contributed by atoms with Crippen LogP contribution >= 0.6 is 0 Å². The molecule has 0 unspecified atom stereocenters. The monoisotopic (exact) mass is 329 g/mol. The predicted octanol–water partition coefficient (Wildman–Crippen LogP) is 0.777. The maximum absolute atomic E-state index is 10.5. The summed E-state index contributed by atoms with van der Waals surface area (Å²) in [5.41, 5.74) is 1.30. The number of allylic oxidation sites excluding steroid dienone is 2.